The number of benzene rings is 1. The zero-order valence-corrected chi connectivity index (χ0v) is 18.1. The lowest BCUT2D eigenvalue weighted by atomic mass is 10.1. The highest BCUT2D eigenvalue weighted by molar-refractivity contribution is 6.36. The van der Waals surface area contributed by atoms with Gasteiger partial charge in [-0.3, -0.25) is 14.4 Å². The first-order valence-electron chi connectivity index (χ1n) is 9.73. The number of rotatable bonds is 7. The largest absolute Gasteiger partial charge is 0.350 e. The molecule has 11 heteroatoms. The van der Waals surface area contributed by atoms with Crippen molar-refractivity contribution in [2.75, 3.05) is 31.1 Å². The third kappa shape index (κ3) is 6.80. The number of piperidine rings is 1. The van der Waals surface area contributed by atoms with Crippen LogP contribution in [0.4, 0.5) is 5.95 Å². The molecule has 1 unspecified atom stereocenters. The van der Waals surface area contributed by atoms with Crippen LogP contribution >= 0.6 is 23.2 Å². The average molecular weight is 465 g/mol. The third-order valence-electron chi connectivity index (χ3n) is 4.65. The summed E-state index contributed by atoms with van der Waals surface area (Å²) < 4.78 is 0. The number of nitrogens with zero attached hydrogens (tertiary/aromatic N) is 3. The fraction of sp³-hybridized carbons (Fsp3) is 0.350. The van der Waals surface area contributed by atoms with Crippen molar-refractivity contribution in [1.82, 2.24) is 25.9 Å². The van der Waals surface area contributed by atoms with Crippen molar-refractivity contribution in [3.63, 3.8) is 0 Å². The Kier molecular flexibility index (Phi) is 8.02. The second-order valence-corrected chi connectivity index (χ2v) is 7.83. The van der Waals surface area contributed by atoms with E-state index in [0.29, 0.717) is 17.5 Å². The SMILES string of the molecule is O=C(CNC(=O)c1ccc(Cl)cc1Cl)NCC(=O)NC1CCCN(c2ncccn2)C1. The van der Waals surface area contributed by atoms with Gasteiger partial charge in [0, 0.05) is 36.5 Å². The van der Waals surface area contributed by atoms with Gasteiger partial charge in [0.05, 0.1) is 23.7 Å². The highest BCUT2D eigenvalue weighted by Crippen LogP contribution is 2.20. The van der Waals surface area contributed by atoms with E-state index in [1.54, 1.807) is 18.5 Å². The summed E-state index contributed by atoms with van der Waals surface area (Å²) in [6, 6.07) is 6.14. The molecule has 3 rings (SSSR count). The molecule has 1 aliphatic rings. The van der Waals surface area contributed by atoms with Gasteiger partial charge < -0.3 is 20.9 Å². The van der Waals surface area contributed by atoms with E-state index >= 15 is 0 Å². The molecule has 3 N–H and O–H groups in total. The zero-order valence-electron chi connectivity index (χ0n) is 16.6. The lowest BCUT2D eigenvalue weighted by Crippen LogP contribution is -2.51. The van der Waals surface area contributed by atoms with E-state index in [0.717, 1.165) is 19.4 Å². The van der Waals surface area contributed by atoms with Crippen LogP contribution in [0.25, 0.3) is 0 Å². The summed E-state index contributed by atoms with van der Waals surface area (Å²) >= 11 is 11.8. The van der Waals surface area contributed by atoms with E-state index in [9.17, 15) is 14.4 Å². The Hall–Kier alpha value is -2.91. The van der Waals surface area contributed by atoms with Crippen molar-refractivity contribution in [1.29, 1.82) is 0 Å². The maximum atomic E-state index is 12.2. The summed E-state index contributed by atoms with van der Waals surface area (Å²) in [6.45, 7) is 0.953. The molecule has 164 valence electrons. The van der Waals surface area contributed by atoms with Gasteiger partial charge in [-0.05, 0) is 37.1 Å². The van der Waals surface area contributed by atoms with Crippen molar-refractivity contribution >= 4 is 46.9 Å². The Bertz CT molecular complexity index is 944. The maximum absolute atomic E-state index is 12.2. The molecule has 1 fully saturated rings. The Morgan fingerprint density at radius 1 is 1.06 bits per heavy atom. The molecule has 0 aliphatic carbocycles. The number of nitrogens with one attached hydrogen (secondary N) is 3. The van der Waals surface area contributed by atoms with Crippen LogP contribution in [0.2, 0.25) is 10.0 Å². The summed E-state index contributed by atoms with van der Waals surface area (Å²) in [5, 5.41) is 8.45. The molecule has 1 aliphatic heterocycles. The molecule has 2 aromatic rings. The second kappa shape index (κ2) is 10.9. The van der Waals surface area contributed by atoms with Crippen molar-refractivity contribution < 1.29 is 14.4 Å². The number of hydrogen-bond donors (Lipinski definition) is 3. The number of aromatic nitrogens is 2. The quantitative estimate of drug-likeness (QED) is 0.570. The van der Waals surface area contributed by atoms with Crippen molar-refractivity contribution in [2.45, 2.75) is 18.9 Å². The van der Waals surface area contributed by atoms with Gasteiger partial charge in [0.2, 0.25) is 17.8 Å². The molecule has 1 aromatic carbocycles. The molecule has 0 bridgehead atoms. The second-order valence-electron chi connectivity index (χ2n) is 6.99. The van der Waals surface area contributed by atoms with E-state index in [1.807, 2.05) is 4.90 Å². The normalized spacial score (nSPS) is 15.8. The third-order valence-corrected chi connectivity index (χ3v) is 5.20. The molecule has 9 nitrogen and oxygen atoms in total. The topological polar surface area (TPSA) is 116 Å². The summed E-state index contributed by atoms with van der Waals surface area (Å²) in [7, 11) is 0. The molecule has 0 saturated carbocycles. The number of hydrogen-bond acceptors (Lipinski definition) is 6. The summed E-state index contributed by atoms with van der Waals surface area (Å²) in [6.07, 6.45) is 5.09. The average Bonchev–Trinajstić information content (AvgIpc) is 2.77. The van der Waals surface area contributed by atoms with E-state index in [4.69, 9.17) is 23.2 Å². The Morgan fingerprint density at radius 3 is 2.55 bits per heavy atom. The number of carbonyl (C=O) groups excluding carboxylic acids is 3. The van der Waals surface area contributed by atoms with Gasteiger partial charge in [0.15, 0.2) is 0 Å². The van der Waals surface area contributed by atoms with Crippen molar-refractivity contribution in [2.24, 2.45) is 0 Å². The lowest BCUT2D eigenvalue weighted by Gasteiger charge is -2.33. The van der Waals surface area contributed by atoms with Crippen LogP contribution in [-0.2, 0) is 9.59 Å². The van der Waals surface area contributed by atoms with Gasteiger partial charge in [-0.2, -0.15) is 0 Å². The Balaban J connectivity index is 1.39. The Labute approximate surface area is 189 Å². The number of anilines is 1. The highest BCUT2D eigenvalue weighted by atomic mass is 35.5. The van der Waals surface area contributed by atoms with Crippen molar-refractivity contribution in [3.05, 3.63) is 52.3 Å². The number of halogens is 2. The fourth-order valence-corrected chi connectivity index (χ4v) is 3.67. The van der Waals surface area contributed by atoms with Crippen LogP contribution in [0.3, 0.4) is 0 Å². The lowest BCUT2D eigenvalue weighted by molar-refractivity contribution is -0.126. The summed E-state index contributed by atoms with van der Waals surface area (Å²) in [5.74, 6) is -0.671. The smallest absolute Gasteiger partial charge is 0.253 e. The molecule has 1 aromatic heterocycles. The first-order chi connectivity index (χ1) is 14.9. The number of amides is 3. The molecule has 0 radical (unpaired) electrons. The molecular weight excluding hydrogens is 443 g/mol. The van der Waals surface area contributed by atoms with Crippen LogP contribution in [-0.4, -0.2) is 59.9 Å². The van der Waals surface area contributed by atoms with Crippen LogP contribution in [0.5, 0.6) is 0 Å². The molecule has 31 heavy (non-hydrogen) atoms. The van der Waals surface area contributed by atoms with Crippen LogP contribution < -0.4 is 20.9 Å². The van der Waals surface area contributed by atoms with Gasteiger partial charge in [-0.15, -0.1) is 0 Å². The van der Waals surface area contributed by atoms with Crippen LogP contribution in [0.1, 0.15) is 23.2 Å². The van der Waals surface area contributed by atoms with E-state index < -0.39 is 11.8 Å². The highest BCUT2D eigenvalue weighted by Gasteiger charge is 2.23. The van der Waals surface area contributed by atoms with Crippen molar-refractivity contribution in [3.8, 4) is 0 Å². The summed E-state index contributed by atoms with van der Waals surface area (Å²) in [4.78, 5) is 46.8. The van der Waals surface area contributed by atoms with Crippen LogP contribution in [0.15, 0.2) is 36.7 Å². The van der Waals surface area contributed by atoms with Gasteiger partial charge >= 0.3 is 0 Å². The predicted molar refractivity (Wildman–Crippen MR) is 117 cm³/mol. The molecular formula is C20H22Cl2N6O3. The van der Waals surface area contributed by atoms with Gasteiger partial charge in [-0.1, -0.05) is 23.2 Å². The molecule has 3 amide bonds. The zero-order chi connectivity index (χ0) is 22.2. The molecule has 2 heterocycles. The van der Waals surface area contributed by atoms with E-state index in [2.05, 4.69) is 25.9 Å². The van der Waals surface area contributed by atoms with Gasteiger partial charge in [-0.25, -0.2) is 9.97 Å². The van der Waals surface area contributed by atoms with Crippen LogP contribution in [0, 0.1) is 0 Å². The van der Waals surface area contributed by atoms with Gasteiger partial charge in [0.1, 0.15) is 0 Å². The molecule has 1 atom stereocenters. The first-order valence-corrected chi connectivity index (χ1v) is 10.5. The number of carbonyl (C=O) groups is 3. The minimum atomic E-state index is -0.508. The van der Waals surface area contributed by atoms with Gasteiger partial charge in [0.25, 0.3) is 5.91 Å². The minimum Gasteiger partial charge on any atom is -0.350 e. The Morgan fingerprint density at radius 2 is 1.81 bits per heavy atom. The maximum Gasteiger partial charge on any atom is 0.253 e. The monoisotopic (exact) mass is 464 g/mol. The molecule has 1 saturated heterocycles. The van der Waals surface area contributed by atoms with E-state index in [-0.39, 0.29) is 35.6 Å². The fourth-order valence-electron chi connectivity index (χ4n) is 3.18. The predicted octanol–water partition coefficient (Wildman–Crippen LogP) is 1.41. The standard InChI is InChI=1S/C20H22Cl2N6O3/c21-13-4-5-15(16(22)9-13)19(31)26-10-17(29)25-11-18(30)27-14-3-1-8-28(12-14)20-23-6-2-7-24-20/h2,4-7,9,14H,1,3,8,10-12H2,(H,25,29)(H,26,31)(H,27,30). The first kappa shape index (κ1) is 22.8. The summed E-state index contributed by atoms with van der Waals surface area (Å²) in [5.41, 5.74) is 0.209. The minimum absolute atomic E-state index is 0.0614. The molecule has 0 spiro atoms. The van der Waals surface area contributed by atoms with E-state index in [1.165, 1.54) is 18.2 Å².